The van der Waals surface area contributed by atoms with Gasteiger partial charge < -0.3 is 15.2 Å². The van der Waals surface area contributed by atoms with Crippen LogP contribution in [0.15, 0.2) is 42.5 Å². The normalized spacial score (nSPS) is 25.7. The van der Waals surface area contributed by atoms with Crippen LogP contribution >= 0.6 is 0 Å². The third-order valence-electron chi connectivity index (χ3n) is 6.49. The van der Waals surface area contributed by atoms with Crippen molar-refractivity contribution in [3.05, 3.63) is 42.5 Å². The monoisotopic (exact) mass is 428 g/mol. The van der Waals surface area contributed by atoms with Gasteiger partial charge in [-0.2, -0.15) is 0 Å². The van der Waals surface area contributed by atoms with Gasteiger partial charge in [0.25, 0.3) is 0 Å². The number of para-hydroxylation sites is 1. The summed E-state index contributed by atoms with van der Waals surface area (Å²) < 4.78 is 6.20. The molecule has 0 saturated carbocycles. The molecule has 2 bridgehead atoms. The first-order valence-electron chi connectivity index (χ1n) is 11.7. The highest BCUT2D eigenvalue weighted by Gasteiger charge is 2.47. The first kappa shape index (κ1) is 23.5. The van der Waals surface area contributed by atoms with Gasteiger partial charge in [0.05, 0.1) is 12.2 Å². The standard InChI is InChI=1S/C25H36N2O4/c28-18-24(27-19-10-4-3-5-11-19)26-17-9-8-13-21-20(22-15-16-23(21)31-22)12-6-1-2-7-14-25(29)30/h1,3-6,10-11,18,20-24,26-27H,2,7-9,12-17H2,(H,29,30)/b6-1-/t20-,21+,22-,23+,24?/m1/s1. The number of carboxylic acids is 1. The van der Waals surface area contributed by atoms with Crippen molar-refractivity contribution < 1.29 is 19.4 Å². The molecule has 1 aromatic rings. The van der Waals surface area contributed by atoms with Gasteiger partial charge in [-0.05, 0) is 75.5 Å². The Morgan fingerprint density at radius 3 is 2.61 bits per heavy atom. The Morgan fingerprint density at radius 1 is 1.10 bits per heavy atom. The quantitative estimate of drug-likeness (QED) is 0.166. The third kappa shape index (κ3) is 7.47. The molecule has 0 amide bonds. The number of hydrogen-bond acceptors (Lipinski definition) is 5. The number of benzene rings is 1. The van der Waals surface area contributed by atoms with E-state index in [0.717, 1.165) is 50.6 Å². The number of rotatable bonds is 15. The van der Waals surface area contributed by atoms with E-state index >= 15 is 0 Å². The molecule has 3 N–H and O–H groups in total. The Hall–Kier alpha value is -2.18. The molecule has 31 heavy (non-hydrogen) atoms. The Bertz CT molecular complexity index is 709. The van der Waals surface area contributed by atoms with Crippen molar-refractivity contribution in [2.45, 2.75) is 76.2 Å². The minimum absolute atomic E-state index is 0.240. The average Bonchev–Trinajstić information content (AvgIpc) is 3.37. The van der Waals surface area contributed by atoms with Crippen LogP contribution in [0.4, 0.5) is 5.69 Å². The minimum Gasteiger partial charge on any atom is -0.481 e. The number of carbonyl (C=O) groups is 2. The number of nitrogens with one attached hydrogen (secondary N) is 2. The number of anilines is 1. The molecule has 0 radical (unpaired) electrons. The first-order valence-corrected chi connectivity index (χ1v) is 11.7. The maximum Gasteiger partial charge on any atom is 0.303 e. The van der Waals surface area contributed by atoms with Crippen LogP contribution in [-0.2, 0) is 14.3 Å². The van der Waals surface area contributed by atoms with E-state index in [1.165, 1.54) is 12.8 Å². The van der Waals surface area contributed by atoms with Gasteiger partial charge >= 0.3 is 5.97 Å². The predicted molar refractivity (Wildman–Crippen MR) is 122 cm³/mol. The van der Waals surface area contributed by atoms with Crippen LogP contribution in [0.2, 0.25) is 0 Å². The molecule has 2 aliphatic rings. The third-order valence-corrected chi connectivity index (χ3v) is 6.49. The second-order valence-electron chi connectivity index (χ2n) is 8.69. The van der Waals surface area contributed by atoms with Crippen molar-refractivity contribution >= 4 is 17.9 Å². The SMILES string of the molecule is O=CC(NCCCC[C@H]1[C@@H](C/C=C\CCCC(=O)O)[C@H]2CC[C@@H]1O2)Nc1ccccc1. The van der Waals surface area contributed by atoms with E-state index in [0.29, 0.717) is 30.5 Å². The van der Waals surface area contributed by atoms with E-state index in [2.05, 4.69) is 22.8 Å². The highest BCUT2D eigenvalue weighted by molar-refractivity contribution is 5.66. The fourth-order valence-electron chi connectivity index (χ4n) is 4.95. The zero-order valence-corrected chi connectivity index (χ0v) is 18.2. The number of allylic oxidation sites excluding steroid dienone is 2. The summed E-state index contributed by atoms with van der Waals surface area (Å²) in [6, 6.07) is 9.76. The minimum atomic E-state index is -0.722. The molecule has 1 unspecified atom stereocenters. The van der Waals surface area contributed by atoms with Crippen molar-refractivity contribution in [3.8, 4) is 0 Å². The molecule has 170 valence electrons. The zero-order valence-electron chi connectivity index (χ0n) is 18.2. The molecule has 6 heteroatoms. The average molecular weight is 429 g/mol. The van der Waals surface area contributed by atoms with Crippen molar-refractivity contribution in [2.24, 2.45) is 11.8 Å². The number of ether oxygens (including phenoxy) is 1. The lowest BCUT2D eigenvalue weighted by molar-refractivity contribution is -0.137. The van der Waals surface area contributed by atoms with Gasteiger partial charge in [0, 0.05) is 12.1 Å². The van der Waals surface area contributed by atoms with Crippen molar-refractivity contribution in [1.29, 1.82) is 0 Å². The van der Waals surface area contributed by atoms with Crippen molar-refractivity contribution in [2.75, 3.05) is 11.9 Å². The highest BCUT2D eigenvalue weighted by Crippen LogP contribution is 2.47. The van der Waals surface area contributed by atoms with Crippen LogP contribution < -0.4 is 10.6 Å². The fraction of sp³-hybridized carbons (Fsp3) is 0.600. The highest BCUT2D eigenvalue weighted by atomic mass is 16.5. The molecule has 2 saturated heterocycles. The number of hydrogen-bond donors (Lipinski definition) is 3. The number of aliphatic carboxylic acids is 1. The van der Waals surface area contributed by atoms with Gasteiger partial charge in [0.1, 0.15) is 6.17 Å². The number of unbranched alkanes of at least 4 members (excludes halogenated alkanes) is 2. The van der Waals surface area contributed by atoms with E-state index in [9.17, 15) is 9.59 Å². The van der Waals surface area contributed by atoms with Crippen molar-refractivity contribution in [1.82, 2.24) is 5.32 Å². The van der Waals surface area contributed by atoms with Crippen LogP contribution in [-0.4, -0.2) is 42.3 Å². The van der Waals surface area contributed by atoms with Crippen LogP contribution in [0.25, 0.3) is 0 Å². The van der Waals surface area contributed by atoms with E-state index in [1.807, 2.05) is 30.3 Å². The molecular formula is C25H36N2O4. The van der Waals surface area contributed by atoms with Crippen molar-refractivity contribution in [3.63, 3.8) is 0 Å². The molecule has 3 rings (SSSR count). The number of carbonyl (C=O) groups excluding carboxylic acids is 1. The van der Waals surface area contributed by atoms with Gasteiger partial charge in [-0.3, -0.25) is 14.9 Å². The summed E-state index contributed by atoms with van der Waals surface area (Å²) in [5.74, 6) is 0.483. The lowest BCUT2D eigenvalue weighted by atomic mass is 9.75. The Kier molecular flexibility index (Phi) is 9.56. The summed E-state index contributed by atoms with van der Waals surface area (Å²) in [7, 11) is 0. The molecule has 2 heterocycles. The van der Waals surface area contributed by atoms with Gasteiger partial charge in [-0.1, -0.05) is 36.8 Å². The van der Waals surface area contributed by atoms with Crippen LogP contribution in [0.1, 0.15) is 57.8 Å². The van der Waals surface area contributed by atoms with Gasteiger partial charge in [0.2, 0.25) is 0 Å². The predicted octanol–water partition coefficient (Wildman–Crippen LogP) is 4.38. The molecule has 2 fully saturated rings. The molecular weight excluding hydrogens is 392 g/mol. The van der Waals surface area contributed by atoms with E-state index < -0.39 is 5.97 Å². The van der Waals surface area contributed by atoms with Gasteiger partial charge in [-0.25, -0.2) is 0 Å². The lowest BCUT2D eigenvalue weighted by Gasteiger charge is -2.27. The summed E-state index contributed by atoms with van der Waals surface area (Å²) >= 11 is 0. The molecule has 2 aliphatic heterocycles. The molecule has 0 spiro atoms. The number of aldehydes is 1. The molecule has 0 aliphatic carbocycles. The van der Waals surface area contributed by atoms with Crippen LogP contribution in [0.3, 0.4) is 0 Å². The van der Waals surface area contributed by atoms with E-state index in [4.69, 9.17) is 9.84 Å². The fourth-order valence-corrected chi connectivity index (χ4v) is 4.95. The summed E-state index contributed by atoms with van der Waals surface area (Å²) in [4.78, 5) is 21.9. The molecule has 5 atom stereocenters. The number of fused-ring (bicyclic) bond motifs is 2. The molecule has 0 aromatic heterocycles. The molecule has 6 nitrogen and oxygen atoms in total. The maximum atomic E-state index is 11.3. The lowest BCUT2D eigenvalue weighted by Crippen LogP contribution is -2.38. The van der Waals surface area contributed by atoms with Gasteiger partial charge in [0.15, 0.2) is 6.29 Å². The summed E-state index contributed by atoms with van der Waals surface area (Å²) in [5.41, 5.74) is 0.935. The Balaban J connectivity index is 1.34. The topological polar surface area (TPSA) is 87.7 Å². The zero-order chi connectivity index (χ0) is 21.9. The summed E-state index contributed by atoms with van der Waals surface area (Å²) in [6.07, 6.45) is 14.2. The van der Waals surface area contributed by atoms with Gasteiger partial charge in [-0.15, -0.1) is 0 Å². The Labute approximate surface area is 185 Å². The summed E-state index contributed by atoms with van der Waals surface area (Å²) in [6.45, 7) is 0.805. The second kappa shape index (κ2) is 12.6. The smallest absolute Gasteiger partial charge is 0.303 e. The second-order valence-corrected chi connectivity index (χ2v) is 8.69. The van der Waals surface area contributed by atoms with E-state index in [1.54, 1.807) is 0 Å². The number of carboxylic acid groups (broad SMARTS) is 1. The van der Waals surface area contributed by atoms with E-state index in [-0.39, 0.29) is 12.6 Å². The Morgan fingerprint density at radius 2 is 1.87 bits per heavy atom. The molecule has 1 aromatic carbocycles. The first-order chi connectivity index (χ1) is 15.2. The largest absolute Gasteiger partial charge is 0.481 e. The van der Waals surface area contributed by atoms with Crippen LogP contribution in [0.5, 0.6) is 0 Å². The summed E-state index contributed by atoms with van der Waals surface area (Å²) in [5, 5.41) is 15.2. The van der Waals surface area contributed by atoms with Crippen LogP contribution in [0, 0.1) is 11.8 Å². The maximum absolute atomic E-state index is 11.3.